The Morgan fingerprint density at radius 3 is 2.74 bits per heavy atom. The van der Waals surface area contributed by atoms with E-state index < -0.39 is 0 Å². The highest BCUT2D eigenvalue weighted by Gasteiger charge is 2.30. The first-order valence-corrected chi connectivity index (χ1v) is 9.90. The summed E-state index contributed by atoms with van der Waals surface area (Å²) in [5, 5.41) is 4.33. The molecule has 1 aromatic carbocycles. The molecule has 0 bridgehead atoms. The average molecular weight is 370 g/mol. The lowest BCUT2D eigenvalue weighted by atomic mass is 9.95. The monoisotopic (exact) mass is 369 g/mol. The topological polar surface area (TPSA) is 65.2 Å². The van der Waals surface area contributed by atoms with Gasteiger partial charge in [-0.15, -0.1) is 0 Å². The van der Waals surface area contributed by atoms with Crippen molar-refractivity contribution in [2.24, 2.45) is 11.8 Å². The molecule has 1 saturated heterocycles. The first-order chi connectivity index (χ1) is 12.8. The van der Waals surface area contributed by atoms with Gasteiger partial charge in [0.2, 0.25) is 11.8 Å². The summed E-state index contributed by atoms with van der Waals surface area (Å²) in [5.74, 6) is 0.515. The number of H-pyrrole nitrogens is 1. The van der Waals surface area contributed by atoms with Crippen molar-refractivity contribution in [3.63, 3.8) is 0 Å². The summed E-state index contributed by atoms with van der Waals surface area (Å²) in [6.45, 7) is 12.2. The Bertz CT molecular complexity index is 866. The molecule has 3 rings (SSSR count). The highest BCUT2D eigenvalue weighted by Crippen LogP contribution is 2.26. The van der Waals surface area contributed by atoms with E-state index in [4.69, 9.17) is 0 Å². The Labute approximate surface area is 161 Å². The number of nitrogens with one attached hydrogen (secondary N) is 2. The Hall–Kier alpha value is -2.30. The van der Waals surface area contributed by atoms with Crippen molar-refractivity contribution in [1.82, 2.24) is 15.2 Å². The Kier molecular flexibility index (Phi) is 5.59. The summed E-state index contributed by atoms with van der Waals surface area (Å²) in [4.78, 5) is 30.1. The maximum absolute atomic E-state index is 12.7. The van der Waals surface area contributed by atoms with Gasteiger partial charge in [-0.2, -0.15) is 0 Å². The SMILES string of the molecule is Cc1cc(CNC(=O)[C@H]2CCC(=O)N(CC(C)C)C2)c2[nH]c(C)c(C)c2c1. The number of rotatable bonds is 5. The van der Waals surface area contributed by atoms with E-state index in [0.29, 0.717) is 31.8 Å². The van der Waals surface area contributed by atoms with Crippen LogP contribution >= 0.6 is 0 Å². The van der Waals surface area contributed by atoms with Gasteiger partial charge in [0.15, 0.2) is 0 Å². The summed E-state index contributed by atoms with van der Waals surface area (Å²) in [6, 6.07) is 4.32. The van der Waals surface area contributed by atoms with Gasteiger partial charge in [0.1, 0.15) is 0 Å². The van der Waals surface area contributed by atoms with Crippen LogP contribution < -0.4 is 5.32 Å². The number of fused-ring (bicyclic) bond motifs is 1. The van der Waals surface area contributed by atoms with E-state index in [9.17, 15) is 9.59 Å². The van der Waals surface area contributed by atoms with Crippen LogP contribution in [0.25, 0.3) is 10.9 Å². The molecule has 5 heteroatoms. The van der Waals surface area contributed by atoms with Crippen molar-refractivity contribution in [3.8, 4) is 0 Å². The fraction of sp³-hybridized carbons (Fsp3) is 0.545. The summed E-state index contributed by atoms with van der Waals surface area (Å²) in [6.07, 6.45) is 1.11. The number of amides is 2. The van der Waals surface area contributed by atoms with Crippen molar-refractivity contribution >= 4 is 22.7 Å². The first kappa shape index (κ1) is 19.5. The highest BCUT2D eigenvalue weighted by molar-refractivity contribution is 5.88. The van der Waals surface area contributed by atoms with Crippen LogP contribution in [0, 0.1) is 32.6 Å². The molecular weight excluding hydrogens is 338 g/mol. The molecule has 2 heterocycles. The number of carbonyl (C=O) groups excluding carboxylic acids is 2. The molecule has 0 saturated carbocycles. The molecule has 2 aromatic rings. The number of nitrogens with zero attached hydrogens (tertiary/aromatic N) is 1. The van der Waals surface area contributed by atoms with Crippen LogP contribution in [0.2, 0.25) is 0 Å². The number of hydrogen-bond donors (Lipinski definition) is 2. The Morgan fingerprint density at radius 2 is 2.04 bits per heavy atom. The van der Waals surface area contributed by atoms with Crippen LogP contribution in [0.4, 0.5) is 0 Å². The lowest BCUT2D eigenvalue weighted by molar-refractivity contribution is -0.138. The Balaban J connectivity index is 1.70. The molecule has 2 N–H and O–H groups in total. The largest absolute Gasteiger partial charge is 0.358 e. The van der Waals surface area contributed by atoms with Gasteiger partial charge >= 0.3 is 0 Å². The molecule has 1 aliphatic heterocycles. The lowest BCUT2D eigenvalue weighted by Gasteiger charge is -2.33. The molecule has 5 nitrogen and oxygen atoms in total. The van der Waals surface area contributed by atoms with Crippen molar-refractivity contribution in [3.05, 3.63) is 34.5 Å². The van der Waals surface area contributed by atoms with Crippen LogP contribution in [0.1, 0.15) is 49.1 Å². The lowest BCUT2D eigenvalue weighted by Crippen LogP contribution is -2.46. The van der Waals surface area contributed by atoms with E-state index in [1.165, 1.54) is 22.2 Å². The molecule has 2 amide bonds. The minimum Gasteiger partial charge on any atom is -0.358 e. The van der Waals surface area contributed by atoms with Gasteiger partial charge in [-0.05, 0) is 50.3 Å². The minimum absolute atomic E-state index is 0.0471. The van der Waals surface area contributed by atoms with Crippen LogP contribution in [0.3, 0.4) is 0 Å². The molecule has 1 aliphatic rings. The van der Waals surface area contributed by atoms with Gasteiger partial charge in [0.25, 0.3) is 0 Å². The second-order valence-corrected chi connectivity index (χ2v) is 8.37. The molecule has 1 fully saturated rings. The van der Waals surface area contributed by atoms with Gasteiger partial charge in [-0.1, -0.05) is 25.5 Å². The van der Waals surface area contributed by atoms with Gasteiger partial charge in [0.05, 0.1) is 11.4 Å². The van der Waals surface area contributed by atoms with E-state index in [2.05, 4.69) is 57.1 Å². The third-order valence-corrected chi connectivity index (χ3v) is 5.55. The molecular formula is C22H31N3O2. The van der Waals surface area contributed by atoms with Crippen LogP contribution in [0.5, 0.6) is 0 Å². The summed E-state index contributed by atoms with van der Waals surface area (Å²) in [5.41, 5.74) is 5.84. The number of aromatic amines is 1. The van der Waals surface area contributed by atoms with E-state index in [-0.39, 0.29) is 17.7 Å². The van der Waals surface area contributed by atoms with Gasteiger partial charge in [-0.3, -0.25) is 9.59 Å². The zero-order valence-electron chi connectivity index (χ0n) is 17.1. The third-order valence-electron chi connectivity index (χ3n) is 5.55. The van der Waals surface area contributed by atoms with Crippen molar-refractivity contribution in [2.45, 2.75) is 54.0 Å². The maximum atomic E-state index is 12.7. The van der Waals surface area contributed by atoms with Crippen LogP contribution in [-0.2, 0) is 16.1 Å². The predicted molar refractivity (Wildman–Crippen MR) is 108 cm³/mol. The van der Waals surface area contributed by atoms with Crippen LogP contribution in [-0.4, -0.2) is 34.8 Å². The summed E-state index contributed by atoms with van der Waals surface area (Å²) in [7, 11) is 0. The third kappa shape index (κ3) is 4.18. The average Bonchev–Trinajstić information content (AvgIpc) is 2.89. The zero-order chi connectivity index (χ0) is 19.7. The van der Waals surface area contributed by atoms with E-state index in [1.807, 2.05) is 4.90 Å². The molecule has 0 spiro atoms. The molecule has 0 aliphatic carbocycles. The quantitative estimate of drug-likeness (QED) is 0.846. The molecule has 146 valence electrons. The van der Waals surface area contributed by atoms with Crippen molar-refractivity contribution in [2.75, 3.05) is 13.1 Å². The molecule has 1 atom stereocenters. The molecule has 1 aromatic heterocycles. The number of likely N-dealkylation sites (tertiary alicyclic amines) is 1. The normalized spacial score (nSPS) is 17.8. The summed E-state index contributed by atoms with van der Waals surface area (Å²) >= 11 is 0. The number of benzene rings is 1. The fourth-order valence-corrected chi connectivity index (χ4v) is 4.00. The second-order valence-electron chi connectivity index (χ2n) is 8.37. The van der Waals surface area contributed by atoms with E-state index >= 15 is 0 Å². The second kappa shape index (κ2) is 7.75. The number of hydrogen-bond acceptors (Lipinski definition) is 2. The molecule has 0 unspecified atom stereocenters. The van der Waals surface area contributed by atoms with Gasteiger partial charge < -0.3 is 15.2 Å². The predicted octanol–water partition coefficient (Wildman–Crippen LogP) is 3.60. The van der Waals surface area contributed by atoms with Crippen molar-refractivity contribution in [1.29, 1.82) is 0 Å². The minimum atomic E-state index is -0.117. The maximum Gasteiger partial charge on any atom is 0.225 e. The standard InChI is InChI=1S/C22H31N3O2/c1-13(2)11-25-12-17(6-7-20(25)26)22(27)23-10-18-8-14(3)9-19-15(4)16(5)24-21(18)19/h8-9,13,17,24H,6-7,10-12H2,1-5H3,(H,23,27)/t17-/m0/s1. The molecule has 0 radical (unpaired) electrons. The number of aryl methyl sites for hydroxylation is 3. The van der Waals surface area contributed by atoms with Crippen LogP contribution in [0.15, 0.2) is 12.1 Å². The number of piperidine rings is 1. The van der Waals surface area contributed by atoms with Crippen molar-refractivity contribution < 1.29 is 9.59 Å². The van der Waals surface area contributed by atoms with Gasteiger partial charge in [0, 0.05) is 37.1 Å². The van der Waals surface area contributed by atoms with E-state index in [0.717, 1.165) is 17.6 Å². The van der Waals surface area contributed by atoms with Gasteiger partial charge in [-0.25, -0.2) is 0 Å². The smallest absolute Gasteiger partial charge is 0.225 e. The molecule has 27 heavy (non-hydrogen) atoms. The highest BCUT2D eigenvalue weighted by atomic mass is 16.2. The number of aromatic nitrogens is 1. The Morgan fingerprint density at radius 1 is 1.30 bits per heavy atom. The fourth-order valence-electron chi connectivity index (χ4n) is 4.00. The van der Waals surface area contributed by atoms with E-state index in [1.54, 1.807) is 0 Å². The number of carbonyl (C=O) groups is 2. The first-order valence-electron chi connectivity index (χ1n) is 9.90. The zero-order valence-corrected chi connectivity index (χ0v) is 17.1. The summed E-state index contributed by atoms with van der Waals surface area (Å²) < 4.78 is 0.